The van der Waals surface area contributed by atoms with E-state index in [1.54, 1.807) is 0 Å². The molecule has 4 heteroatoms. The van der Waals surface area contributed by atoms with Gasteiger partial charge in [0.15, 0.2) is 0 Å². The summed E-state index contributed by atoms with van der Waals surface area (Å²) in [5.41, 5.74) is 2.27. The van der Waals surface area contributed by atoms with Gasteiger partial charge in [-0.1, -0.05) is 17.7 Å². The Kier molecular flexibility index (Phi) is 3.34. The molecule has 0 saturated carbocycles. The fraction of sp³-hybridized carbons (Fsp3) is 0.417. The van der Waals surface area contributed by atoms with Gasteiger partial charge < -0.3 is 10.2 Å². The molecule has 1 heterocycles. The van der Waals surface area contributed by atoms with E-state index in [1.165, 1.54) is 0 Å². The van der Waals surface area contributed by atoms with Gasteiger partial charge in [0.2, 0.25) is 0 Å². The minimum absolute atomic E-state index is 0.807. The first kappa shape index (κ1) is 11.3. The second-order valence-corrected chi connectivity index (χ2v) is 4.40. The van der Waals surface area contributed by atoms with Crippen molar-refractivity contribution in [3.05, 3.63) is 28.8 Å². The minimum Gasteiger partial charge on any atom is -0.370 e. The van der Waals surface area contributed by atoms with Gasteiger partial charge in [-0.3, -0.25) is 4.99 Å². The number of aliphatic imine (C=N–C) groups is 1. The number of rotatable bonds is 3. The Morgan fingerprint density at radius 3 is 3.00 bits per heavy atom. The Bertz CT molecular complexity index is 415. The van der Waals surface area contributed by atoms with Crippen molar-refractivity contribution in [3.8, 4) is 0 Å². The summed E-state index contributed by atoms with van der Waals surface area (Å²) in [6.07, 6.45) is 0. The summed E-state index contributed by atoms with van der Waals surface area (Å²) in [7, 11) is 2.06. The van der Waals surface area contributed by atoms with Crippen molar-refractivity contribution >= 4 is 23.1 Å². The number of hydrogen-bond acceptors (Lipinski definition) is 3. The van der Waals surface area contributed by atoms with Gasteiger partial charge in [-0.05, 0) is 24.6 Å². The molecule has 86 valence electrons. The van der Waals surface area contributed by atoms with Gasteiger partial charge in [-0.15, -0.1) is 0 Å². The molecule has 1 aromatic carbocycles. The summed E-state index contributed by atoms with van der Waals surface area (Å²) < 4.78 is 0. The monoisotopic (exact) mass is 237 g/mol. The van der Waals surface area contributed by atoms with E-state index in [-0.39, 0.29) is 0 Å². The van der Waals surface area contributed by atoms with Crippen LogP contribution in [0.1, 0.15) is 5.56 Å². The van der Waals surface area contributed by atoms with E-state index in [4.69, 9.17) is 11.6 Å². The highest BCUT2D eigenvalue weighted by Crippen LogP contribution is 2.25. The number of halogens is 1. The van der Waals surface area contributed by atoms with Crippen LogP contribution in [0.25, 0.3) is 0 Å². The molecule has 1 aliphatic heterocycles. The lowest BCUT2D eigenvalue weighted by molar-refractivity contribution is 0.943. The molecule has 0 fully saturated rings. The van der Waals surface area contributed by atoms with Crippen LogP contribution in [0.15, 0.2) is 23.2 Å². The van der Waals surface area contributed by atoms with E-state index in [9.17, 15) is 0 Å². The third-order valence-corrected chi connectivity index (χ3v) is 3.19. The molecule has 0 spiro atoms. The van der Waals surface area contributed by atoms with E-state index in [0.717, 1.165) is 41.7 Å². The molecule has 0 radical (unpaired) electrons. The number of amidine groups is 1. The molecule has 2 rings (SSSR count). The molecule has 16 heavy (non-hydrogen) atoms. The van der Waals surface area contributed by atoms with E-state index in [2.05, 4.69) is 28.3 Å². The highest BCUT2D eigenvalue weighted by Gasteiger charge is 2.11. The van der Waals surface area contributed by atoms with Crippen molar-refractivity contribution in [2.45, 2.75) is 6.92 Å². The summed E-state index contributed by atoms with van der Waals surface area (Å²) >= 11 is 6.10. The van der Waals surface area contributed by atoms with Crippen LogP contribution in [-0.4, -0.2) is 32.5 Å². The van der Waals surface area contributed by atoms with Gasteiger partial charge in [0, 0.05) is 24.3 Å². The van der Waals surface area contributed by atoms with Gasteiger partial charge in [0.25, 0.3) is 0 Å². The van der Waals surface area contributed by atoms with Crippen LogP contribution < -0.4 is 10.2 Å². The molecule has 0 saturated heterocycles. The van der Waals surface area contributed by atoms with Crippen LogP contribution >= 0.6 is 11.6 Å². The smallest absolute Gasteiger partial charge is 0.116 e. The van der Waals surface area contributed by atoms with Gasteiger partial charge in [0.05, 0.1) is 13.1 Å². The maximum absolute atomic E-state index is 6.10. The largest absolute Gasteiger partial charge is 0.370 e. The van der Waals surface area contributed by atoms with Crippen molar-refractivity contribution < 1.29 is 0 Å². The first-order valence-electron chi connectivity index (χ1n) is 5.42. The van der Waals surface area contributed by atoms with E-state index >= 15 is 0 Å². The highest BCUT2D eigenvalue weighted by molar-refractivity contribution is 6.31. The van der Waals surface area contributed by atoms with E-state index in [1.807, 2.05) is 19.1 Å². The summed E-state index contributed by atoms with van der Waals surface area (Å²) in [6.45, 7) is 4.69. The number of likely N-dealkylation sites (N-methyl/N-ethyl adjacent to an activating group) is 1. The average Bonchev–Trinajstić information content (AvgIpc) is 2.74. The Morgan fingerprint density at radius 1 is 1.50 bits per heavy atom. The molecular formula is C12H16ClN3. The van der Waals surface area contributed by atoms with Crippen molar-refractivity contribution in [2.24, 2.45) is 4.99 Å². The number of nitrogens with one attached hydrogen (secondary N) is 1. The predicted molar refractivity (Wildman–Crippen MR) is 69.8 cm³/mol. The molecule has 0 amide bonds. The molecule has 0 unspecified atom stereocenters. The van der Waals surface area contributed by atoms with Gasteiger partial charge in [-0.2, -0.15) is 0 Å². The van der Waals surface area contributed by atoms with E-state index in [0.29, 0.717) is 0 Å². The molecule has 0 bridgehead atoms. The normalized spacial score (nSPS) is 14.6. The minimum atomic E-state index is 0.807. The number of nitrogens with zero attached hydrogens (tertiary/aromatic N) is 2. The quantitative estimate of drug-likeness (QED) is 0.872. The van der Waals surface area contributed by atoms with Crippen LogP contribution in [0, 0.1) is 6.92 Å². The van der Waals surface area contributed by atoms with Crippen LogP contribution in [0.4, 0.5) is 5.69 Å². The summed E-state index contributed by atoms with van der Waals surface area (Å²) in [6, 6.07) is 5.97. The van der Waals surface area contributed by atoms with Crippen molar-refractivity contribution in [1.29, 1.82) is 0 Å². The summed E-state index contributed by atoms with van der Waals surface area (Å²) in [5, 5.41) is 4.08. The second-order valence-electron chi connectivity index (χ2n) is 4.00. The molecule has 1 aromatic rings. The van der Waals surface area contributed by atoms with Crippen LogP contribution in [0.5, 0.6) is 0 Å². The zero-order valence-electron chi connectivity index (χ0n) is 9.63. The number of benzene rings is 1. The molecule has 0 atom stereocenters. The number of hydrogen-bond donors (Lipinski definition) is 1. The zero-order chi connectivity index (χ0) is 11.5. The molecule has 3 nitrogen and oxygen atoms in total. The van der Waals surface area contributed by atoms with Crippen molar-refractivity contribution in [2.75, 3.05) is 31.6 Å². The number of anilines is 1. The standard InChI is InChI=1S/C12H16ClN3/c1-9-10(13)4-3-5-11(9)16(2)8-12-14-6-7-15-12/h3-5H,6-8H2,1-2H3,(H,14,15). The topological polar surface area (TPSA) is 27.6 Å². The lowest BCUT2D eigenvalue weighted by Crippen LogP contribution is -2.32. The maximum atomic E-state index is 6.10. The van der Waals surface area contributed by atoms with Gasteiger partial charge in [0.1, 0.15) is 5.84 Å². The predicted octanol–water partition coefficient (Wildman–Crippen LogP) is 2.09. The average molecular weight is 238 g/mol. The summed E-state index contributed by atoms with van der Waals surface area (Å²) in [4.78, 5) is 6.55. The van der Waals surface area contributed by atoms with E-state index < -0.39 is 0 Å². The Hall–Kier alpha value is -1.22. The second kappa shape index (κ2) is 4.74. The Labute approximate surface area is 101 Å². The van der Waals surface area contributed by atoms with Crippen LogP contribution in [0.2, 0.25) is 5.02 Å². The van der Waals surface area contributed by atoms with Crippen LogP contribution in [0.3, 0.4) is 0 Å². The fourth-order valence-electron chi connectivity index (χ4n) is 1.87. The molecule has 0 aromatic heterocycles. The molecule has 1 aliphatic rings. The van der Waals surface area contributed by atoms with Crippen molar-refractivity contribution in [1.82, 2.24) is 5.32 Å². The third-order valence-electron chi connectivity index (χ3n) is 2.78. The summed E-state index contributed by atoms with van der Waals surface area (Å²) in [5.74, 6) is 1.06. The Morgan fingerprint density at radius 2 is 2.31 bits per heavy atom. The zero-order valence-corrected chi connectivity index (χ0v) is 10.4. The lowest BCUT2D eigenvalue weighted by atomic mass is 10.2. The fourth-order valence-corrected chi connectivity index (χ4v) is 2.04. The third kappa shape index (κ3) is 2.30. The first-order chi connectivity index (χ1) is 7.68. The van der Waals surface area contributed by atoms with Crippen LogP contribution in [-0.2, 0) is 0 Å². The SMILES string of the molecule is Cc1c(Cl)cccc1N(C)CC1=NCCN1. The molecular weight excluding hydrogens is 222 g/mol. The Balaban J connectivity index is 2.14. The first-order valence-corrected chi connectivity index (χ1v) is 5.79. The lowest BCUT2D eigenvalue weighted by Gasteiger charge is -2.21. The van der Waals surface area contributed by atoms with Gasteiger partial charge in [-0.25, -0.2) is 0 Å². The maximum Gasteiger partial charge on any atom is 0.116 e. The molecule has 0 aliphatic carbocycles. The highest BCUT2D eigenvalue weighted by atomic mass is 35.5. The molecule has 1 N–H and O–H groups in total. The van der Waals surface area contributed by atoms with Crippen molar-refractivity contribution in [3.63, 3.8) is 0 Å². The van der Waals surface area contributed by atoms with Gasteiger partial charge >= 0.3 is 0 Å².